The maximum Gasteiger partial charge on any atom is 0.283 e. The number of hydrogen-bond acceptors (Lipinski definition) is 8. The Labute approximate surface area is 125 Å². The molecule has 98 valence electrons. The Kier molecular flexibility index (Phi) is 2.98. The summed E-state index contributed by atoms with van der Waals surface area (Å²) < 4.78 is 6.69. The fraction of sp³-hybridized carbons (Fsp3) is 0. The monoisotopic (exact) mass is 318 g/mol. The van der Waals surface area contributed by atoms with E-state index in [2.05, 4.69) is 20.2 Å². The molecule has 20 heavy (non-hydrogen) atoms. The normalized spacial score (nSPS) is 11.2. The predicted octanol–water partition coefficient (Wildman–Crippen LogP) is 3.95. The van der Waals surface area contributed by atoms with Gasteiger partial charge in [0.25, 0.3) is 11.1 Å². The first-order valence-electron chi connectivity index (χ1n) is 5.63. The fourth-order valence-corrected chi connectivity index (χ4v) is 3.98. The van der Waals surface area contributed by atoms with Crippen LogP contribution < -0.4 is 0 Å². The third kappa shape index (κ3) is 2.11. The van der Waals surface area contributed by atoms with Crippen LogP contribution in [0.2, 0.25) is 0 Å². The van der Waals surface area contributed by atoms with E-state index < -0.39 is 0 Å². The molecule has 8 heteroatoms. The SMILES string of the molecule is c1csc(-c2nnc(Sc3ncnc4ccsc34)o2)c1. The number of thiophene rings is 2. The van der Waals surface area contributed by atoms with E-state index in [0.29, 0.717) is 11.1 Å². The highest BCUT2D eigenvalue weighted by molar-refractivity contribution is 7.99. The van der Waals surface area contributed by atoms with Crippen LogP contribution in [0.4, 0.5) is 0 Å². The number of hydrogen-bond donors (Lipinski definition) is 0. The van der Waals surface area contributed by atoms with Crippen molar-refractivity contribution in [2.75, 3.05) is 0 Å². The van der Waals surface area contributed by atoms with E-state index in [1.54, 1.807) is 29.0 Å². The molecule has 0 amide bonds. The van der Waals surface area contributed by atoms with Crippen LogP contribution in [-0.4, -0.2) is 20.2 Å². The van der Waals surface area contributed by atoms with Crippen molar-refractivity contribution in [3.05, 3.63) is 35.3 Å². The Morgan fingerprint density at radius 3 is 2.95 bits per heavy atom. The average molecular weight is 318 g/mol. The molecule has 5 nitrogen and oxygen atoms in total. The van der Waals surface area contributed by atoms with Crippen molar-refractivity contribution < 1.29 is 4.42 Å². The van der Waals surface area contributed by atoms with Gasteiger partial charge >= 0.3 is 0 Å². The molecule has 4 rings (SSSR count). The molecule has 0 saturated heterocycles. The molecular formula is C12H6N4OS3. The molecule has 4 aromatic rings. The molecule has 0 saturated carbocycles. The molecule has 0 aliphatic heterocycles. The molecule has 0 spiro atoms. The quantitative estimate of drug-likeness (QED) is 0.533. The van der Waals surface area contributed by atoms with Crippen molar-refractivity contribution >= 4 is 44.7 Å². The van der Waals surface area contributed by atoms with Crippen molar-refractivity contribution in [2.45, 2.75) is 10.2 Å². The molecule has 0 fully saturated rings. The van der Waals surface area contributed by atoms with E-state index in [4.69, 9.17) is 4.42 Å². The summed E-state index contributed by atoms with van der Waals surface area (Å²) in [6.07, 6.45) is 1.55. The van der Waals surface area contributed by atoms with Gasteiger partial charge in [0.1, 0.15) is 11.4 Å². The number of aromatic nitrogens is 4. The molecule has 0 unspecified atom stereocenters. The van der Waals surface area contributed by atoms with Gasteiger partial charge < -0.3 is 4.42 Å². The molecule has 0 bridgehead atoms. The summed E-state index contributed by atoms with van der Waals surface area (Å²) in [5, 5.41) is 13.4. The van der Waals surface area contributed by atoms with Crippen LogP contribution >= 0.6 is 34.4 Å². The summed E-state index contributed by atoms with van der Waals surface area (Å²) in [6.45, 7) is 0. The van der Waals surface area contributed by atoms with Gasteiger partial charge in [-0.25, -0.2) is 9.97 Å². The van der Waals surface area contributed by atoms with Crippen LogP contribution in [0.5, 0.6) is 0 Å². The van der Waals surface area contributed by atoms with Crippen LogP contribution in [-0.2, 0) is 0 Å². The zero-order valence-corrected chi connectivity index (χ0v) is 12.3. The first-order valence-corrected chi connectivity index (χ1v) is 8.21. The molecule has 0 atom stereocenters. The standard InChI is InChI=1S/C12H6N4OS3/c1-2-8(18-4-1)10-15-16-12(17-10)20-11-9-7(3-5-19-9)13-6-14-11/h1-6H. The summed E-state index contributed by atoms with van der Waals surface area (Å²) in [4.78, 5) is 9.46. The predicted molar refractivity (Wildman–Crippen MR) is 79.1 cm³/mol. The first kappa shape index (κ1) is 12.0. The van der Waals surface area contributed by atoms with Gasteiger partial charge in [0.05, 0.1) is 15.1 Å². The lowest BCUT2D eigenvalue weighted by Gasteiger charge is -1.96. The van der Waals surface area contributed by atoms with Crippen LogP contribution in [0.25, 0.3) is 21.0 Å². The number of nitrogens with zero attached hydrogens (tertiary/aromatic N) is 4. The van der Waals surface area contributed by atoms with Crippen molar-refractivity contribution in [3.8, 4) is 10.8 Å². The lowest BCUT2D eigenvalue weighted by atomic mass is 10.5. The zero-order valence-electron chi connectivity index (χ0n) is 9.89. The summed E-state index contributed by atoms with van der Waals surface area (Å²) in [6, 6.07) is 5.88. The largest absolute Gasteiger partial charge is 0.410 e. The van der Waals surface area contributed by atoms with Crippen LogP contribution in [0.15, 0.2) is 50.0 Å². The van der Waals surface area contributed by atoms with Gasteiger partial charge in [-0.15, -0.1) is 32.9 Å². The Bertz CT molecular complexity index is 852. The van der Waals surface area contributed by atoms with E-state index in [1.165, 1.54) is 11.8 Å². The molecule has 4 heterocycles. The smallest absolute Gasteiger partial charge is 0.283 e. The van der Waals surface area contributed by atoms with Crippen molar-refractivity contribution in [3.63, 3.8) is 0 Å². The van der Waals surface area contributed by atoms with Crippen LogP contribution in [0.3, 0.4) is 0 Å². The van der Waals surface area contributed by atoms with Gasteiger partial charge in [0, 0.05) is 0 Å². The van der Waals surface area contributed by atoms with E-state index in [1.807, 2.05) is 29.0 Å². The van der Waals surface area contributed by atoms with E-state index in [-0.39, 0.29) is 0 Å². The summed E-state index contributed by atoms with van der Waals surface area (Å²) >= 11 is 4.54. The number of rotatable bonds is 3. The van der Waals surface area contributed by atoms with E-state index in [0.717, 1.165) is 20.1 Å². The molecule has 4 aromatic heterocycles. The van der Waals surface area contributed by atoms with E-state index in [9.17, 15) is 0 Å². The number of fused-ring (bicyclic) bond motifs is 1. The highest BCUT2D eigenvalue weighted by atomic mass is 32.2. The first-order chi connectivity index (χ1) is 9.90. The highest BCUT2D eigenvalue weighted by Crippen LogP contribution is 2.34. The van der Waals surface area contributed by atoms with Gasteiger partial charge in [-0.2, -0.15) is 0 Å². The van der Waals surface area contributed by atoms with E-state index >= 15 is 0 Å². The van der Waals surface area contributed by atoms with Crippen LogP contribution in [0.1, 0.15) is 0 Å². The third-order valence-electron chi connectivity index (χ3n) is 2.53. The molecule has 0 aliphatic rings. The summed E-state index contributed by atoms with van der Waals surface area (Å²) in [5.74, 6) is 0.541. The van der Waals surface area contributed by atoms with Gasteiger partial charge in [-0.1, -0.05) is 6.07 Å². The molecule has 0 radical (unpaired) electrons. The Hall–Kier alpha value is -1.77. The Balaban J connectivity index is 1.68. The molecule has 0 aliphatic carbocycles. The fourth-order valence-electron chi connectivity index (χ4n) is 1.67. The van der Waals surface area contributed by atoms with Gasteiger partial charge in [-0.05, 0) is 34.7 Å². The van der Waals surface area contributed by atoms with Gasteiger partial charge in [0.2, 0.25) is 0 Å². The molecule has 0 N–H and O–H groups in total. The van der Waals surface area contributed by atoms with Crippen LogP contribution in [0, 0.1) is 0 Å². The lowest BCUT2D eigenvalue weighted by molar-refractivity contribution is 0.466. The van der Waals surface area contributed by atoms with Crippen molar-refractivity contribution in [1.82, 2.24) is 20.2 Å². The van der Waals surface area contributed by atoms with Crippen molar-refractivity contribution in [1.29, 1.82) is 0 Å². The highest BCUT2D eigenvalue weighted by Gasteiger charge is 2.13. The third-order valence-corrected chi connectivity index (χ3v) is 5.27. The Morgan fingerprint density at radius 2 is 2.05 bits per heavy atom. The van der Waals surface area contributed by atoms with Crippen molar-refractivity contribution in [2.24, 2.45) is 0 Å². The summed E-state index contributed by atoms with van der Waals surface area (Å²) in [5.41, 5.74) is 0.936. The lowest BCUT2D eigenvalue weighted by Crippen LogP contribution is -1.82. The molecule has 0 aromatic carbocycles. The minimum atomic E-state index is 0.488. The minimum absolute atomic E-state index is 0.488. The second kappa shape index (κ2) is 4.97. The maximum absolute atomic E-state index is 5.65. The minimum Gasteiger partial charge on any atom is -0.410 e. The second-order valence-electron chi connectivity index (χ2n) is 3.77. The average Bonchev–Trinajstić information content (AvgIpc) is 3.20. The zero-order chi connectivity index (χ0) is 13.4. The Morgan fingerprint density at radius 1 is 1.05 bits per heavy atom. The van der Waals surface area contributed by atoms with Gasteiger partial charge in [0.15, 0.2) is 0 Å². The topological polar surface area (TPSA) is 64.7 Å². The summed E-state index contributed by atoms with van der Waals surface area (Å²) in [7, 11) is 0. The van der Waals surface area contributed by atoms with Gasteiger partial charge in [-0.3, -0.25) is 0 Å². The molecular weight excluding hydrogens is 312 g/mol. The maximum atomic E-state index is 5.65. The second-order valence-corrected chi connectivity index (χ2v) is 6.57.